The third-order valence-electron chi connectivity index (χ3n) is 10.3. The number of alkyl halides is 2. The van der Waals surface area contributed by atoms with Crippen LogP contribution in [0.5, 0.6) is 11.5 Å². The number of nitrogens with one attached hydrogen (secondary N) is 4. The van der Waals surface area contributed by atoms with Gasteiger partial charge in [0.1, 0.15) is 48.0 Å². The molecule has 6 N–H and O–H groups in total. The van der Waals surface area contributed by atoms with Crippen LogP contribution in [-0.4, -0.2) is 116 Å². The van der Waals surface area contributed by atoms with E-state index in [-0.39, 0.29) is 22.6 Å². The highest BCUT2D eigenvalue weighted by Gasteiger charge is 2.49. The third kappa shape index (κ3) is 15.2. The van der Waals surface area contributed by atoms with Gasteiger partial charge in [0.05, 0.1) is 25.4 Å². The molecule has 4 heterocycles. The van der Waals surface area contributed by atoms with Crippen LogP contribution in [0.2, 0.25) is 0 Å². The SMILES string of the molecule is Cc1cn([C@H]2O[C@@H](CO[P@@](=O)(N[C@@H](C)C(=O)OC(C)C)Oc3ccccc3)C(O)[C@H]2F)c(=O)[nH]c1=O.Cc1cn([C@H]2O[C@@H](CO[P@](=O)(N[C@@H](C)C(=O)OC(C)C)Oc3ccccc3)C(O)[C@H]2F)c(=O)[nH]c1=O. The molecule has 0 spiro atoms. The number of rotatable bonds is 20. The summed E-state index contributed by atoms with van der Waals surface area (Å²) in [5.74, 6) is -1.11. The Labute approximate surface area is 410 Å². The fraction of sp³-hybridized carbons (Fsp3) is 0.500. The Hall–Kier alpha value is -5.66. The fourth-order valence-corrected chi connectivity index (χ4v) is 9.70. The van der Waals surface area contributed by atoms with Crippen LogP contribution >= 0.6 is 15.5 Å². The van der Waals surface area contributed by atoms with E-state index in [4.69, 9.17) is 37.0 Å². The Kier molecular flexibility index (Phi) is 19.8. The van der Waals surface area contributed by atoms with Gasteiger partial charge in [0.15, 0.2) is 24.8 Å². The zero-order valence-corrected chi connectivity index (χ0v) is 42.0. The number of hydrogen-bond donors (Lipinski definition) is 6. The van der Waals surface area contributed by atoms with E-state index in [1.54, 1.807) is 64.1 Å². The second-order valence-electron chi connectivity index (χ2n) is 17.0. The smallest absolute Gasteiger partial charge is 0.459 e. The minimum atomic E-state index is -4.29. The van der Waals surface area contributed by atoms with Crippen molar-refractivity contribution >= 4 is 27.4 Å². The molecule has 2 fully saturated rings. The Morgan fingerprint density at radius 1 is 0.639 bits per heavy atom. The van der Waals surface area contributed by atoms with Crippen molar-refractivity contribution in [3.8, 4) is 11.5 Å². The molecule has 2 aliphatic rings. The molecule has 2 aliphatic heterocycles. The van der Waals surface area contributed by atoms with E-state index >= 15 is 0 Å². The van der Waals surface area contributed by atoms with Crippen molar-refractivity contribution in [1.29, 1.82) is 0 Å². The lowest BCUT2D eigenvalue weighted by Crippen LogP contribution is -2.37. The number of aryl methyl sites for hydroxylation is 2. The highest BCUT2D eigenvalue weighted by atomic mass is 31.2. The summed E-state index contributed by atoms with van der Waals surface area (Å²) in [5, 5.41) is 25.7. The van der Waals surface area contributed by atoms with Crippen LogP contribution in [0.4, 0.5) is 8.78 Å². The lowest BCUT2D eigenvalue weighted by Gasteiger charge is -2.25. The minimum Gasteiger partial charge on any atom is -0.462 e. The van der Waals surface area contributed by atoms with Crippen LogP contribution < -0.4 is 41.7 Å². The first kappa shape index (κ1) is 57.2. The number of esters is 2. The number of aromatic amines is 2. The van der Waals surface area contributed by atoms with Crippen molar-refractivity contribution in [2.24, 2.45) is 0 Å². The van der Waals surface area contributed by atoms with Crippen molar-refractivity contribution in [3.63, 3.8) is 0 Å². The summed E-state index contributed by atoms with van der Waals surface area (Å²) in [5.41, 5.74) is -2.87. The van der Waals surface area contributed by atoms with Crippen molar-refractivity contribution in [1.82, 2.24) is 29.3 Å². The molecule has 2 aromatic heterocycles. The van der Waals surface area contributed by atoms with E-state index in [0.29, 0.717) is 0 Å². The van der Waals surface area contributed by atoms with Crippen LogP contribution in [0, 0.1) is 13.8 Å². The maximum Gasteiger partial charge on any atom is 0.459 e. The Morgan fingerprint density at radius 3 is 1.29 bits per heavy atom. The van der Waals surface area contributed by atoms with Gasteiger partial charge in [-0.2, -0.15) is 10.2 Å². The van der Waals surface area contributed by atoms with Gasteiger partial charge in [-0.3, -0.25) is 47.3 Å². The number of para-hydroxylation sites is 2. The van der Waals surface area contributed by atoms with Gasteiger partial charge in [-0.25, -0.2) is 27.5 Å². The Morgan fingerprint density at radius 2 is 0.972 bits per heavy atom. The van der Waals surface area contributed by atoms with Crippen LogP contribution in [0.25, 0.3) is 0 Å². The molecule has 72 heavy (non-hydrogen) atoms. The molecule has 6 rings (SSSR count). The summed E-state index contributed by atoms with van der Waals surface area (Å²) >= 11 is 0. The van der Waals surface area contributed by atoms with Gasteiger partial charge in [-0.05, 0) is 79.7 Å². The fourth-order valence-electron chi connectivity index (χ4n) is 6.69. The number of nitrogens with zero attached hydrogens (tertiary/aromatic N) is 2. The van der Waals surface area contributed by atoms with Gasteiger partial charge in [0.2, 0.25) is 0 Å². The summed E-state index contributed by atoms with van der Waals surface area (Å²) in [4.78, 5) is 76.1. The number of carbonyl (C=O) groups is 2. The second kappa shape index (κ2) is 24.8. The van der Waals surface area contributed by atoms with Gasteiger partial charge in [0.25, 0.3) is 11.1 Å². The van der Waals surface area contributed by atoms with E-state index in [1.807, 2.05) is 9.97 Å². The van der Waals surface area contributed by atoms with Crippen LogP contribution in [0.15, 0.2) is 92.2 Å². The van der Waals surface area contributed by atoms with E-state index < -0.39 is 137 Å². The molecule has 2 aromatic carbocycles. The minimum absolute atomic E-state index is 0.131. The van der Waals surface area contributed by atoms with Crippen LogP contribution in [0.1, 0.15) is 65.1 Å². The molecular weight excluding hydrogens is 1000 g/mol. The topological polar surface area (TPSA) is 316 Å². The van der Waals surface area contributed by atoms with Gasteiger partial charge < -0.3 is 38.2 Å². The van der Waals surface area contributed by atoms with Crippen molar-refractivity contribution in [2.45, 2.75) is 129 Å². The van der Waals surface area contributed by atoms with Crippen molar-refractivity contribution in [2.75, 3.05) is 13.2 Å². The average Bonchev–Trinajstić information content (AvgIpc) is 3.76. The number of aliphatic hydroxyl groups is 2. The van der Waals surface area contributed by atoms with Crippen LogP contribution in [0.3, 0.4) is 0 Å². The summed E-state index contributed by atoms with van der Waals surface area (Å²) in [7, 11) is -8.58. The first-order valence-corrected chi connectivity index (χ1v) is 25.4. The maximum absolute atomic E-state index is 14.9. The molecule has 12 atom stereocenters. The van der Waals surface area contributed by atoms with E-state index in [1.165, 1.54) is 52.0 Å². The highest BCUT2D eigenvalue weighted by Crippen LogP contribution is 2.47. The summed E-state index contributed by atoms with van der Waals surface area (Å²) in [6.45, 7) is 11.0. The molecule has 396 valence electrons. The summed E-state index contributed by atoms with van der Waals surface area (Å²) < 4.78 is 101. The molecule has 24 nitrogen and oxygen atoms in total. The zero-order valence-electron chi connectivity index (χ0n) is 40.2. The van der Waals surface area contributed by atoms with E-state index in [0.717, 1.165) is 21.5 Å². The monoisotopic (exact) mass is 1060 g/mol. The lowest BCUT2D eigenvalue weighted by atomic mass is 10.1. The maximum atomic E-state index is 14.9. The van der Waals surface area contributed by atoms with Crippen molar-refractivity contribution in [3.05, 3.63) is 126 Å². The zero-order chi connectivity index (χ0) is 53.2. The van der Waals surface area contributed by atoms with Gasteiger partial charge in [-0.1, -0.05) is 36.4 Å². The largest absolute Gasteiger partial charge is 0.462 e. The number of benzene rings is 2. The predicted octanol–water partition coefficient (Wildman–Crippen LogP) is 3.15. The molecular formula is C44H58F2N6O18P2. The molecule has 2 unspecified atom stereocenters. The lowest BCUT2D eigenvalue weighted by molar-refractivity contribution is -0.150. The van der Waals surface area contributed by atoms with E-state index in [2.05, 4.69) is 10.2 Å². The normalized spacial score (nSPS) is 24.3. The molecule has 0 aliphatic carbocycles. The Balaban J connectivity index is 0.000000267. The standard InChI is InChI=1S/2C22H29FN3O9P/c2*1-12(2)33-21(29)14(4)25-36(31,35-15-8-6-5-7-9-15)32-11-16-18(27)17(23)20(34-16)26-10-13(3)19(28)24-22(26)30/h2*5-10,12,14,16-18,20,27H,11H2,1-4H3,(H,25,31)(H,24,28,30)/t14-,16-,17+,18?,20-,36+;14-,16-,17+,18?,20-,36-/m00/s1. The molecule has 0 saturated carbocycles. The number of H-pyrrole nitrogens is 2. The van der Waals surface area contributed by atoms with Gasteiger partial charge in [-0.15, -0.1) is 0 Å². The number of hydrogen-bond acceptors (Lipinski definition) is 18. The highest BCUT2D eigenvalue weighted by molar-refractivity contribution is 7.52. The molecule has 4 aromatic rings. The second-order valence-corrected chi connectivity index (χ2v) is 20.4. The molecule has 0 bridgehead atoms. The molecule has 0 amide bonds. The average molecular weight is 1060 g/mol. The van der Waals surface area contributed by atoms with Gasteiger partial charge >= 0.3 is 38.8 Å². The first-order chi connectivity index (χ1) is 33.8. The number of aromatic nitrogens is 4. The number of ether oxygens (including phenoxy) is 4. The number of aliphatic hydroxyl groups excluding tert-OH is 2. The first-order valence-electron chi connectivity index (χ1n) is 22.3. The summed E-state index contributed by atoms with van der Waals surface area (Å²) in [6, 6.07) is 13.7. The number of halogens is 2. The third-order valence-corrected chi connectivity index (χ3v) is 13.6. The molecule has 0 radical (unpaired) electrons. The predicted molar refractivity (Wildman–Crippen MR) is 251 cm³/mol. The van der Waals surface area contributed by atoms with Gasteiger partial charge in [0, 0.05) is 23.5 Å². The summed E-state index contributed by atoms with van der Waals surface area (Å²) in [6.07, 6.45) is -12.1. The van der Waals surface area contributed by atoms with E-state index in [9.17, 15) is 56.9 Å². The molecule has 2 saturated heterocycles. The van der Waals surface area contributed by atoms with Crippen molar-refractivity contribution < 1.29 is 74.8 Å². The number of carbonyl (C=O) groups excluding carboxylic acids is 2. The van der Waals surface area contributed by atoms with Crippen LogP contribution in [-0.2, 0) is 46.7 Å². The molecule has 28 heteroatoms. The quantitative estimate of drug-likeness (QED) is 0.0547. The Bertz CT molecular complexity index is 2630.